The van der Waals surface area contributed by atoms with Crippen LogP contribution in [-0.4, -0.2) is 35.7 Å². The fourth-order valence-electron chi connectivity index (χ4n) is 4.13. The molecule has 0 aliphatic heterocycles. The Morgan fingerprint density at radius 2 is 1.62 bits per heavy atom. The molecular weight excluding hydrogens is 470 g/mol. The van der Waals surface area contributed by atoms with E-state index in [0.717, 1.165) is 16.7 Å². The summed E-state index contributed by atoms with van der Waals surface area (Å²) in [6.07, 6.45) is 0. The standard InChI is InChI=1S/C28H29N5O4/c1-37-17-16-33-26(29)25(27(35)31-28(33)36)32(18-20-10-4-2-5-11-20)19-24(34)30-23-15-9-8-14-22(23)21-12-6-3-7-13-21/h2-15H,16-19,29H2,1H3,(H,30,34)(H,31,35,36). The van der Waals surface area contributed by atoms with E-state index in [9.17, 15) is 14.4 Å². The van der Waals surface area contributed by atoms with Crippen molar-refractivity contribution < 1.29 is 9.53 Å². The maximum Gasteiger partial charge on any atom is 0.330 e. The Bertz CT molecular complexity index is 1470. The van der Waals surface area contributed by atoms with Gasteiger partial charge in [-0.2, -0.15) is 0 Å². The second-order valence-corrected chi connectivity index (χ2v) is 8.44. The number of nitrogens with two attached hydrogens (primary N) is 1. The van der Waals surface area contributed by atoms with Crippen LogP contribution in [0.1, 0.15) is 5.56 Å². The van der Waals surface area contributed by atoms with Gasteiger partial charge in [0.25, 0.3) is 5.56 Å². The van der Waals surface area contributed by atoms with E-state index in [1.165, 1.54) is 11.7 Å². The highest BCUT2D eigenvalue weighted by atomic mass is 16.5. The number of rotatable bonds is 10. The molecule has 0 spiro atoms. The number of nitrogen functional groups attached to an aromatic ring is 1. The van der Waals surface area contributed by atoms with Gasteiger partial charge in [-0.1, -0.05) is 78.9 Å². The number of amides is 1. The van der Waals surface area contributed by atoms with Gasteiger partial charge in [0.1, 0.15) is 11.5 Å². The number of benzene rings is 3. The summed E-state index contributed by atoms with van der Waals surface area (Å²) in [5.74, 6) is -0.369. The van der Waals surface area contributed by atoms with E-state index >= 15 is 0 Å². The van der Waals surface area contributed by atoms with Gasteiger partial charge in [0.15, 0.2) is 0 Å². The fourth-order valence-corrected chi connectivity index (χ4v) is 4.13. The van der Waals surface area contributed by atoms with Crippen LogP contribution in [0.2, 0.25) is 0 Å². The summed E-state index contributed by atoms with van der Waals surface area (Å²) in [7, 11) is 1.51. The van der Waals surface area contributed by atoms with Crippen LogP contribution in [0.25, 0.3) is 11.1 Å². The predicted octanol–water partition coefficient (Wildman–Crippen LogP) is 3.08. The molecule has 0 bridgehead atoms. The third kappa shape index (κ3) is 6.14. The summed E-state index contributed by atoms with van der Waals surface area (Å²) in [6.45, 7) is 0.434. The number of aromatic nitrogens is 2. The largest absolute Gasteiger partial charge is 0.383 e. The number of carbonyl (C=O) groups is 1. The van der Waals surface area contributed by atoms with E-state index in [-0.39, 0.29) is 43.7 Å². The molecule has 4 aromatic rings. The number of hydrogen-bond acceptors (Lipinski definition) is 6. The van der Waals surface area contributed by atoms with Gasteiger partial charge in [0, 0.05) is 24.9 Å². The van der Waals surface area contributed by atoms with Crippen molar-refractivity contribution in [2.24, 2.45) is 0 Å². The first-order chi connectivity index (χ1) is 18.0. The molecule has 9 heteroatoms. The summed E-state index contributed by atoms with van der Waals surface area (Å²) in [5, 5.41) is 2.97. The average molecular weight is 500 g/mol. The number of nitrogens with one attached hydrogen (secondary N) is 2. The van der Waals surface area contributed by atoms with Gasteiger partial charge in [-0.25, -0.2) is 4.79 Å². The quantitative estimate of drug-likeness (QED) is 0.308. The van der Waals surface area contributed by atoms with Gasteiger partial charge < -0.3 is 20.7 Å². The smallest absolute Gasteiger partial charge is 0.330 e. The van der Waals surface area contributed by atoms with E-state index < -0.39 is 11.2 Å². The van der Waals surface area contributed by atoms with Gasteiger partial charge in [-0.15, -0.1) is 0 Å². The topological polar surface area (TPSA) is 122 Å². The molecule has 3 aromatic carbocycles. The van der Waals surface area contributed by atoms with E-state index in [1.54, 1.807) is 4.90 Å². The highest BCUT2D eigenvalue weighted by molar-refractivity contribution is 5.98. The number of nitrogens with zero attached hydrogens (tertiary/aromatic N) is 2. The lowest BCUT2D eigenvalue weighted by atomic mass is 10.0. The highest BCUT2D eigenvalue weighted by Crippen LogP contribution is 2.28. The summed E-state index contributed by atoms with van der Waals surface area (Å²) >= 11 is 0. The second kappa shape index (κ2) is 11.9. The number of carbonyl (C=O) groups excluding carboxylic acids is 1. The lowest BCUT2D eigenvalue weighted by Gasteiger charge is -2.26. The van der Waals surface area contributed by atoms with Crippen LogP contribution in [0, 0.1) is 0 Å². The molecule has 0 aliphatic rings. The molecule has 1 aromatic heterocycles. The average Bonchev–Trinajstić information content (AvgIpc) is 2.90. The number of aromatic amines is 1. The minimum Gasteiger partial charge on any atom is -0.383 e. The Morgan fingerprint density at radius 1 is 0.973 bits per heavy atom. The molecule has 37 heavy (non-hydrogen) atoms. The highest BCUT2D eigenvalue weighted by Gasteiger charge is 2.22. The van der Waals surface area contributed by atoms with Crippen LogP contribution >= 0.6 is 0 Å². The fraction of sp³-hybridized carbons (Fsp3) is 0.179. The first kappa shape index (κ1) is 25.5. The first-order valence-electron chi connectivity index (χ1n) is 11.8. The van der Waals surface area contributed by atoms with Gasteiger partial charge in [-0.3, -0.25) is 19.1 Å². The minimum atomic E-state index is -0.662. The molecule has 190 valence electrons. The van der Waals surface area contributed by atoms with Gasteiger partial charge in [0.05, 0.1) is 19.7 Å². The predicted molar refractivity (Wildman–Crippen MR) is 146 cm³/mol. The molecule has 0 fully saturated rings. The maximum absolute atomic E-state index is 13.3. The zero-order chi connectivity index (χ0) is 26.2. The van der Waals surface area contributed by atoms with Crippen LogP contribution in [-0.2, 0) is 22.6 Å². The van der Waals surface area contributed by atoms with E-state index in [2.05, 4.69) is 10.3 Å². The molecular formula is C28H29N5O4. The van der Waals surface area contributed by atoms with Crippen molar-refractivity contribution in [2.75, 3.05) is 36.2 Å². The molecule has 0 saturated carbocycles. The summed E-state index contributed by atoms with van der Waals surface area (Å²) in [5.41, 5.74) is 8.42. The minimum absolute atomic E-state index is 0.0285. The molecule has 9 nitrogen and oxygen atoms in total. The number of H-pyrrole nitrogens is 1. The third-order valence-electron chi connectivity index (χ3n) is 5.89. The van der Waals surface area contributed by atoms with Crippen LogP contribution in [0.3, 0.4) is 0 Å². The maximum atomic E-state index is 13.3. The summed E-state index contributed by atoms with van der Waals surface area (Å²) < 4.78 is 6.31. The molecule has 0 atom stereocenters. The van der Waals surface area contributed by atoms with Crippen LogP contribution in [0.4, 0.5) is 17.2 Å². The SMILES string of the molecule is COCCn1c(N)c(N(CC(=O)Nc2ccccc2-c2ccccc2)Cc2ccccc2)c(=O)[nH]c1=O. The molecule has 4 rings (SSSR count). The van der Waals surface area contributed by atoms with Crippen molar-refractivity contribution in [3.8, 4) is 11.1 Å². The number of para-hydroxylation sites is 1. The lowest BCUT2D eigenvalue weighted by Crippen LogP contribution is -2.41. The van der Waals surface area contributed by atoms with Gasteiger partial charge in [0.2, 0.25) is 5.91 Å². The summed E-state index contributed by atoms with van der Waals surface area (Å²) in [4.78, 5) is 42.6. The molecule has 0 radical (unpaired) electrons. The van der Waals surface area contributed by atoms with Crippen LogP contribution in [0.5, 0.6) is 0 Å². The van der Waals surface area contributed by atoms with E-state index in [4.69, 9.17) is 10.5 Å². The monoisotopic (exact) mass is 499 g/mol. The molecule has 4 N–H and O–H groups in total. The number of methoxy groups -OCH3 is 1. The molecule has 0 saturated heterocycles. The van der Waals surface area contributed by atoms with Crippen LogP contribution < -0.4 is 27.2 Å². The van der Waals surface area contributed by atoms with Crippen molar-refractivity contribution >= 4 is 23.1 Å². The lowest BCUT2D eigenvalue weighted by molar-refractivity contribution is -0.115. The Balaban J connectivity index is 1.68. The second-order valence-electron chi connectivity index (χ2n) is 8.44. The van der Waals surface area contributed by atoms with Crippen molar-refractivity contribution in [3.63, 3.8) is 0 Å². The molecule has 1 amide bonds. The Labute approximate surface area is 214 Å². The third-order valence-corrected chi connectivity index (χ3v) is 5.89. The van der Waals surface area contributed by atoms with Crippen molar-refractivity contribution in [1.29, 1.82) is 0 Å². The molecule has 0 unspecified atom stereocenters. The Hall–Kier alpha value is -4.63. The first-order valence-corrected chi connectivity index (χ1v) is 11.8. The van der Waals surface area contributed by atoms with Gasteiger partial charge in [-0.05, 0) is 17.2 Å². The normalized spacial score (nSPS) is 10.7. The van der Waals surface area contributed by atoms with Crippen molar-refractivity contribution in [1.82, 2.24) is 9.55 Å². The number of ether oxygens (including phenoxy) is 1. The molecule has 1 heterocycles. The number of anilines is 3. The van der Waals surface area contributed by atoms with Crippen LogP contribution in [0.15, 0.2) is 94.5 Å². The Kier molecular flexibility index (Phi) is 8.17. The Morgan fingerprint density at radius 3 is 2.32 bits per heavy atom. The number of hydrogen-bond donors (Lipinski definition) is 3. The van der Waals surface area contributed by atoms with E-state index in [1.807, 2.05) is 84.9 Å². The van der Waals surface area contributed by atoms with Gasteiger partial charge >= 0.3 is 5.69 Å². The molecule has 0 aliphatic carbocycles. The summed E-state index contributed by atoms with van der Waals surface area (Å²) in [6, 6.07) is 26.7. The van der Waals surface area contributed by atoms with Crippen molar-refractivity contribution in [2.45, 2.75) is 13.1 Å². The zero-order valence-corrected chi connectivity index (χ0v) is 20.5. The van der Waals surface area contributed by atoms with Crippen molar-refractivity contribution in [3.05, 3.63) is 111 Å². The van der Waals surface area contributed by atoms with E-state index in [0.29, 0.717) is 5.69 Å². The zero-order valence-electron chi connectivity index (χ0n) is 20.5.